The minimum Gasteiger partial charge on any atom is -0.277 e. The maximum atomic E-state index is 4.54. The molecule has 0 radical (unpaired) electrons. The molecule has 0 aliphatic rings. The van der Waals surface area contributed by atoms with Crippen molar-refractivity contribution in [1.29, 1.82) is 0 Å². The van der Waals surface area contributed by atoms with E-state index < -0.39 is 0 Å². The molecule has 18 heavy (non-hydrogen) atoms. The standard InChI is InChI=1S/C15H17N3/c1-4-13-11-6-5-10-7-14(9(2)3)16-8-12(10)15(11)18-17-13/h5-9H,4H2,1-3H3,(H,17,18). The number of aromatic amines is 1. The van der Waals surface area contributed by atoms with E-state index in [4.69, 9.17) is 0 Å². The van der Waals surface area contributed by atoms with E-state index in [-0.39, 0.29) is 0 Å². The molecule has 1 aromatic carbocycles. The second-order valence-corrected chi connectivity index (χ2v) is 5.00. The number of aryl methyl sites for hydroxylation is 1. The van der Waals surface area contributed by atoms with E-state index >= 15 is 0 Å². The van der Waals surface area contributed by atoms with Crippen molar-refractivity contribution in [2.75, 3.05) is 0 Å². The molecule has 0 aliphatic carbocycles. The Balaban J connectivity index is 2.32. The molecular formula is C15H17N3. The lowest BCUT2D eigenvalue weighted by Crippen LogP contribution is -1.92. The Morgan fingerprint density at radius 2 is 2.06 bits per heavy atom. The van der Waals surface area contributed by atoms with Crippen molar-refractivity contribution in [3.8, 4) is 0 Å². The van der Waals surface area contributed by atoms with Gasteiger partial charge < -0.3 is 0 Å². The first-order valence-corrected chi connectivity index (χ1v) is 6.46. The van der Waals surface area contributed by atoms with E-state index in [0.29, 0.717) is 5.92 Å². The summed E-state index contributed by atoms with van der Waals surface area (Å²) in [5.41, 5.74) is 3.36. The SMILES string of the molecule is CCc1n[nH]c2c1ccc1cc(C(C)C)ncc12. The van der Waals surface area contributed by atoms with Crippen LogP contribution in [0.5, 0.6) is 0 Å². The number of H-pyrrole nitrogens is 1. The maximum Gasteiger partial charge on any atom is 0.0747 e. The summed E-state index contributed by atoms with van der Waals surface area (Å²) in [6, 6.07) is 6.50. The summed E-state index contributed by atoms with van der Waals surface area (Å²) in [6.07, 6.45) is 2.91. The van der Waals surface area contributed by atoms with Crippen molar-refractivity contribution < 1.29 is 0 Å². The van der Waals surface area contributed by atoms with Gasteiger partial charge in [0, 0.05) is 22.7 Å². The van der Waals surface area contributed by atoms with Crippen molar-refractivity contribution in [3.63, 3.8) is 0 Å². The van der Waals surface area contributed by atoms with Gasteiger partial charge in [-0.05, 0) is 23.8 Å². The molecule has 0 amide bonds. The van der Waals surface area contributed by atoms with E-state index in [1.54, 1.807) is 0 Å². The van der Waals surface area contributed by atoms with Gasteiger partial charge in [-0.25, -0.2) is 0 Å². The van der Waals surface area contributed by atoms with E-state index in [9.17, 15) is 0 Å². The van der Waals surface area contributed by atoms with Crippen LogP contribution in [0, 0.1) is 0 Å². The number of rotatable bonds is 2. The summed E-state index contributed by atoms with van der Waals surface area (Å²) >= 11 is 0. The van der Waals surface area contributed by atoms with Crippen LogP contribution in [0.1, 0.15) is 38.1 Å². The molecule has 92 valence electrons. The van der Waals surface area contributed by atoms with Crippen LogP contribution >= 0.6 is 0 Å². The molecule has 0 saturated heterocycles. The topological polar surface area (TPSA) is 41.6 Å². The fourth-order valence-electron chi connectivity index (χ4n) is 2.37. The van der Waals surface area contributed by atoms with Crippen LogP contribution in [0.2, 0.25) is 0 Å². The summed E-state index contributed by atoms with van der Waals surface area (Å²) in [5, 5.41) is 11.1. The second-order valence-electron chi connectivity index (χ2n) is 5.00. The van der Waals surface area contributed by atoms with Gasteiger partial charge in [-0.2, -0.15) is 5.10 Å². The minimum absolute atomic E-state index is 0.457. The normalized spacial score (nSPS) is 11.8. The summed E-state index contributed by atoms with van der Waals surface area (Å²) in [5.74, 6) is 0.457. The van der Waals surface area contributed by atoms with Crippen molar-refractivity contribution in [2.24, 2.45) is 0 Å². The van der Waals surface area contributed by atoms with Gasteiger partial charge in [0.05, 0.1) is 11.2 Å². The second kappa shape index (κ2) is 4.09. The molecular weight excluding hydrogens is 222 g/mol. The van der Waals surface area contributed by atoms with E-state index in [2.05, 4.69) is 54.2 Å². The molecule has 0 spiro atoms. The van der Waals surface area contributed by atoms with E-state index in [1.165, 1.54) is 10.8 Å². The highest BCUT2D eigenvalue weighted by molar-refractivity contribution is 6.05. The van der Waals surface area contributed by atoms with Gasteiger partial charge in [-0.1, -0.05) is 32.9 Å². The third-order valence-corrected chi connectivity index (χ3v) is 3.47. The number of hydrogen-bond donors (Lipinski definition) is 1. The van der Waals surface area contributed by atoms with Gasteiger partial charge in [0.25, 0.3) is 0 Å². The molecule has 0 aliphatic heterocycles. The molecule has 0 bridgehead atoms. The van der Waals surface area contributed by atoms with Crippen LogP contribution < -0.4 is 0 Å². The first-order chi connectivity index (χ1) is 8.70. The Morgan fingerprint density at radius 3 is 2.78 bits per heavy atom. The Kier molecular flexibility index (Phi) is 2.54. The van der Waals surface area contributed by atoms with Crippen LogP contribution in [-0.4, -0.2) is 15.2 Å². The number of aromatic nitrogens is 3. The monoisotopic (exact) mass is 239 g/mol. The van der Waals surface area contributed by atoms with E-state index in [1.807, 2.05) is 6.20 Å². The zero-order valence-electron chi connectivity index (χ0n) is 11.0. The smallest absolute Gasteiger partial charge is 0.0747 e. The van der Waals surface area contributed by atoms with Gasteiger partial charge in [0.2, 0.25) is 0 Å². The van der Waals surface area contributed by atoms with Crippen molar-refractivity contribution in [1.82, 2.24) is 15.2 Å². The number of nitrogens with one attached hydrogen (secondary N) is 1. The fraction of sp³-hybridized carbons (Fsp3) is 0.333. The van der Waals surface area contributed by atoms with Crippen LogP contribution in [-0.2, 0) is 6.42 Å². The van der Waals surface area contributed by atoms with Crippen molar-refractivity contribution >= 4 is 21.7 Å². The third kappa shape index (κ3) is 1.58. The first kappa shape index (κ1) is 11.2. The highest BCUT2D eigenvalue weighted by Crippen LogP contribution is 2.27. The average molecular weight is 239 g/mol. The summed E-state index contributed by atoms with van der Waals surface area (Å²) in [4.78, 5) is 4.54. The predicted octanol–water partition coefficient (Wildman–Crippen LogP) is 3.80. The van der Waals surface area contributed by atoms with Crippen molar-refractivity contribution in [2.45, 2.75) is 33.1 Å². The molecule has 0 atom stereocenters. The average Bonchev–Trinajstić information content (AvgIpc) is 2.81. The zero-order chi connectivity index (χ0) is 12.7. The molecule has 0 unspecified atom stereocenters. The highest BCUT2D eigenvalue weighted by Gasteiger charge is 2.09. The van der Waals surface area contributed by atoms with Gasteiger partial charge in [-0.15, -0.1) is 0 Å². The molecule has 2 heterocycles. The largest absolute Gasteiger partial charge is 0.277 e. The van der Waals surface area contributed by atoms with Crippen molar-refractivity contribution in [3.05, 3.63) is 35.8 Å². The highest BCUT2D eigenvalue weighted by atomic mass is 15.1. The van der Waals surface area contributed by atoms with Crippen LogP contribution in [0.15, 0.2) is 24.4 Å². The number of benzene rings is 1. The molecule has 0 fully saturated rings. The quantitative estimate of drug-likeness (QED) is 0.739. The number of hydrogen-bond acceptors (Lipinski definition) is 2. The molecule has 3 nitrogen and oxygen atoms in total. The third-order valence-electron chi connectivity index (χ3n) is 3.47. The van der Waals surface area contributed by atoms with E-state index in [0.717, 1.165) is 28.7 Å². The first-order valence-electron chi connectivity index (χ1n) is 6.46. The number of nitrogens with zero attached hydrogens (tertiary/aromatic N) is 2. The number of fused-ring (bicyclic) bond motifs is 3. The van der Waals surface area contributed by atoms with Gasteiger partial charge in [-0.3, -0.25) is 10.1 Å². The van der Waals surface area contributed by atoms with Gasteiger partial charge in [0.1, 0.15) is 0 Å². The number of pyridine rings is 1. The van der Waals surface area contributed by atoms with Gasteiger partial charge in [0.15, 0.2) is 0 Å². The predicted molar refractivity (Wildman–Crippen MR) is 74.9 cm³/mol. The Bertz CT molecular complexity index is 710. The molecule has 3 heteroatoms. The molecule has 0 saturated carbocycles. The van der Waals surface area contributed by atoms with Crippen LogP contribution in [0.3, 0.4) is 0 Å². The summed E-state index contributed by atoms with van der Waals surface area (Å²) in [7, 11) is 0. The lowest BCUT2D eigenvalue weighted by atomic mass is 10.0. The van der Waals surface area contributed by atoms with Crippen LogP contribution in [0.4, 0.5) is 0 Å². The molecule has 2 aromatic heterocycles. The summed E-state index contributed by atoms with van der Waals surface area (Å²) in [6.45, 7) is 6.45. The lowest BCUT2D eigenvalue weighted by molar-refractivity contribution is 0.826. The molecule has 3 aromatic rings. The fourth-order valence-corrected chi connectivity index (χ4v) is 2.37. The van der Waals surface area contributed by atoms with Crippen LogP contribution in [0.25, 0.3) is 21.7 Å². The Morgan fingerprint density at radius 1 is 1.22 bits per heavy atom. The Labute approximate surface area is 106 Å². The maximum absolute atomic E-state index is 4.54. The summed E-state index contributed by atoms with van der Waals surface area (Å²) < 4.78 is 0. The molecule has 1 N–H and O–H groups in total. The minimum atomic E-state index is 0.457. The Hall–Kier alpha value is -1.90. The lowest BCUT2D eigenvalue weighted by Gasteiger charge is -2.06. The van der Waals surface area contributed by atoms with Gasteiger partial charge >= 0.3 is 0 Å². The molecule has 3 rings (SSSR count). The zero-order valence-corrected chi connectivity index (χ0v) is 11.0.